The second-order valence-corrected chi connectivity index (χ2v) is 8.10. The number of rotatable bonds is 7. The maximum absolute atomic E-state index is 12.1. The minimum absolute atomic E-state index is 0.327. The van der Waals surface area contributed by atoms with Crippen molar-refractivity contribution >= 4 is 35.4 Å². The van der Waals surface area contributed by atoms with Gasteiger partial charge in [-0.2, -0.15) is 0 Å². The van der Waals surface area contributed by atoms with Gasteiger partial charge in [0.05, 0.1) is 16.8 Å². The Balaban J connectivity index is 1.86. The van der Waals surface area contributed by atoms with Crippen LogP contribution in [0, 0.1) is 0 Å². The van der Waals surface area contributed by atoms with Gasteiger partial charge in [0.1, 0.15) is 0 Å². The Morgan fingerprint density at radius 3 is 2.54 bits per heavy atom. The molecule has 5 nitrogen and oxygen atoms in total. The first-order chi connectivity index (χ1) is 11.6. The van der Waals surface area contributed by atoms with Gasteiger partial charge in [-0.1, -0.05) is 12.1 Å². The molecule has 1 amide bonds. The highest BCUT2D eigenvalue weighted by Crippen LogP contribution is 2.43. The highest BCUT2D eigenvalue weighted by atomic mass is 32.2. The fraction of sp³-hybridized carbons (Fsp3) is 0.529. The van der Waals surface area contributed by atoms with Crippen molar-refractivity contribution in [1.82, 2.24) is 5.32 Å². The van der Waals surface area contributed by atoms with E-state index in [1.54, 1.807) is 26.2 Å². The lowest BCUT2D eigenvalue weighted by atomic mass is 10.1. The first-order valence-electron chi connectivity index (χ1n) is 7.92. The standard InChI is InChI=1S/C17H23NO4S2/c1-12(15(19)18-8-9-21-2)22-16(20)13-4-6-14(7-5-13)17-23-10-3-11-24-17/h4-7,12,17H,3,8-11H2,1-2H3,(H,18,19)/t12-/m0/s1. The third kappa shape index (κ3) is 5.72. The van der Waals surface area contributed by atoms with Crippen molar-refractivity contribution in [2.75, 3.05) is 31.8 Å². The summed E-state index contributed by atoms with van der Waals surface area (Å²) in [6.07, 6.45) is 0.416. The van der Waals surface area contributed by atoms with E-state index in [-0.39, 0.29) is 5.91 Å². The molecule has 1 heterocycles. The summed E-state index contributed by atoms with van der Waals surface area (Å²) in [6, 6.07) is 7.47. The first-order valence-corrected chi connectivity index (χ1v) is 10.0. The van der Waals surface area contributed by atoms with Crippen LogP contribution in [-0.4, -0.2) is 49.7 Å². The van der Waals surface area contributed by atoms with Gasteiger partial charge in [-0.3, -0.25) is 4.79 Å². The van der Waals surface area contributed by atoms with Crippen molar-refractivity contribution < 1.29 is 19.1 Å². The Labute approximate surface area is 151 Å². The maximum Gasteiger partial charge on any atom is 0.338 e. The molecule has 1 saturated heterocycles. The van der Waals surface area contributed by atoms with Crippen LogP contribution in [0.15, 0.2) is 24.3 Å². The summed E-state index contributed by atoms with van der Waals surface area (Å²) < 4.78 is 10.5. The van der Waals surface area contributed by atoms with E-state index >= 15 is 0 Å². The predicted octanol–water partition coefficient (Wildman–Crippen LogP) is 2.86. The molecule has 1 atom stereocenters. The van der Waals surface area contributed by atoms with Gasteiger partial charge in [-0.25, -0.2) is 4.79 Å². The van der Waals surface area contributed by atoms with Crippen LogP contribution < -0.4 is 5.32 Å². The smallest absolute Gasteiger partial charge is 0.338 e. The van der Waals surface area contributed by atoms with Crippen LogP contribution in [0.5, 0.6) is 0 Å². The van der Waals surface area contributed by atoms with Crippen LogP contribution in [0.25, 0.3) is 0 Å². The van der Waals surface area contributed by atoms with E-state index in [2.05, 4.69) is 5.32 Å². The fourth-order valence-electron chi connectivity index (χ4n) is 2.16. The number of esters is 1. The molecule has 2 rings (SSSR count). The number of hydrogen-bond donors (Lipinski definition) is 1. The zero-order valence-corrected chi connectivity index (χ0v) is 15.6. The Morgan fingerprint density at radius 1 is 1.25 bits per heavy atom. The first kappa shape index (κ1) is 19.1. The van der Waals surface area contributed by atoms with Gasteiger partial charge in [0.25, 0.3) is 5.91 Å². The summed E-state index contributed by atoms with van der Waals surface area (Å²) in [6.45, 7) is 2.37. The Kier molecular flexibility index (Phi) is 7.94. The van der Waals surface area contributed by atoms with E-state index in [1.165, 1.54) is 23.5 Å². The normalized spacial score (nSPS) is 16.4. The number of nitrogens with one attached hydrogen (secondary N) is 1. The molecule has 132 valence electrons. The Morgan fingerprint density at radius 2 is 1.92 bits per heavy atom. The van der Waals surface area contributed by atoms with Gasteiger partial charge in [0, 0.05) is 13.7 Å². The van der Waals surface area contributed by atoms with Gasteiger partial charge in [-0.05, 0) is 42.5 Å². The molecule has 1 aliphatic rings. The lowest BCUT2D eigenvalue weighted by Gasteiger charge is -2.21. The molecule has 1 aromatic rings. The molecule has 0 bridgehead atoms. The minimum Gasteiger partial charge on any atom is -0.449 e. The van der Waals surface area contributed by atoms with Crippen molar-refractivity contribution in [3.8, 4) is 0 Å². The Hall–Kier alpha value is -1.18. The lowest BCUT2D eigenvalue weighted by Crippen LogP contribution is -2.37. The lowest BCUT2D eigenvalue weighted by molar-refractivity contribution is -0.129. The largest absolute Gasteiger partial charge is 0.449 e. The van der Waals surface area contributed by atoms with E-state index in [1.807, 2.05) is 35.7 Å². The van der Waals surface area contributed by atoms with Crippen LogP contribution in [0.4, 0.5) is 0 Å². The second kappa shape index (κ2) is 9.96. The van der Waals surface area contributed by atoms with Gasteiger partial charge in [-0.15, -0.1) is 23.5 Å². The number of carbonyl (C=O) groups excluding carboxylic acids is 2. The van der Waals surface area contributed by atoms with Crippen molar-refractivity contribution in [3.05, 3.63) is 35.4 Å². The van der Waals surface area contributed by atoms with Gasteiger partial charge in [0.15, 0.2) is 6.10 Å². The number of ether oxygens (including phenoxy) is 2. The van der Waals surface area contributed by atoms with E-state index < -0.39 is 12.1 Å². The van der Waals surface area contributed by atoms with Crippen molar-refractivity contribution in [3.63, 3.8) is 0 Å². The molecule has 1 fully saturated rings. The number of benzene rings is 1. The number of amides is 1. The number of methoxy groups -OCH3 is 1. The van der Waals surface area contributed by atoms with Crippen LogP contribution in [0.1, 0.15) is 33.8 Å². The van der Waals surface area contributed by atoms with Crippen LogP contribution >= 0.6 is 23.5 Å². The molecule has 24 heavy (non-hydrogen) atoms. The molecule has 0 aromatic heterocycles. The molecule has 0 radical (unpaired) electrons. The van der Waals surface area contributed by atoms with Gasteiger partial charge in [0.2, 0.25) is 0 Å². The molecular formula is C17H23NO4S2. The molecular weight excluding hydrogens is 346 g/mol. The molecule has 0 aliphatic carbocycles. The summed E-state index contributed by atoms with van der Waals surface area (Å²) in [5.74, 6) is 1.54. The zero-order valence-electron chi connectivity index (χ0n) is 13.9. The average molecular weight is 370 g/mol. The molecule has 0 spiro atoms. The molecule has 1 aliphatic heterocycles. The number of thioether (sulfide) groups is 2. The highest BCUT2D eigenvalue weighted by Gasteiger charge is 2.20. The second-order valence-electron chi connectivity index (χ2n) is 5.38. The van der Waals surface area contributed by atoms with Crippen molar-refractivity contribution in [2.24, 2.45) is 0 Å². The summed E-state index contributed by atoms with van der Waals surface area (Å²) in [7, 11) is 1.56. The van der Waals surface area contributed by atoms with E-state index in [0.29, 0.717) is 23.3 Å². The summed E-state index contributed by atoms with van der Waals surface area (Å²) in [4.78, 5) is 23.9. The third-order valence-corrected chi connectivity index (χ3v) is 6.52. The van der Waals surface area contributed by atoms with E-state index in [0.717, 1.165) is 0 Å². The average Bonchev–Trinajstić information content (AvgIpc) is 2.62. The zero-order chi connectivity index (χ0) is 17.4. The van der Waals surface area contributed by atoms with Gasteiger partial charge < -0.3 is 14.8 Å². The number of carbonyl (C=O) groups is 2. The van der Waals surface area contributed by atoms with Crippen molar-refractivity contribution in [1.29, 1.82) is 0 Å². The van der Waals surface area contributed by atoms with Crippen LogP contribution in [0.2, 0.25) is 0 Å². The molecule has 1 aromatic carbocycles. The SMILES string of the molecule is COCCNC(=O)[C@H](C)OC(=O)c1ccc(C2SCCCS2)cc1. The monoisotopic (exact) mass is 369 g/mol. The quantitative estimate of drug-likeness (QED) is 0.589. The molecule has 0 unspecified atom stereocenters. The highest BCUT2D eigenvalue weighted by molar-refractivity contribution is 8.16. The fourth-order valence-corrected chi connectivity index (χ4v) is 5.05. The van der Waals surface area contributed by atoms with Crippen LogP contribution in [0.3, 0.4) is 0 Å². The van der Waals surface area contributed by atoms with E-state index in [9.17, 15) is 9.59 Å². The van der Waals surface area contributed by atoms with E-state index in [4.69, 9.17) is 9.47 Å². The minimum atomic E-state index is -0.835. The summed E-state index contributed by atoms with van der Waals surface area (Å²) in [5, 5.41) is 2.65. The molecule has 0 saturated carbocycles. The third-order valence-electron chi connectivity index (χ3n) is 3.50. The summed E-state index contributed by atoms with van der Waals surface area (Å²) in [5.41, 5.74) is 1.67. The van der Waals surface area contributed by atoms with Gasteiger partial charge >= 0.3 is 5.97 Å². The predicted molar refractivity (Wildman–Crippen MR) is 98.5 cm³/mol. The summed E-state index contributed by atoms with van der Waals surface area (Å²) >= 11 is 3.88. The molecule has 1 N–H and O–H groups in total. The Bertz CT molecular complexity index is 544. The number of hydrogen-bond acceptors (Lipinski definition) is 6. The molecule has 7 heteroatoms. The topological polar surface area (TPSA) is 64.6 Å². The maximum atomic E-state index is 12.1. The van der Waals surface area contributed by atoms with Crippen LogP contribution in [-0.2, 0) is 14.3 Å². The van der Waals surface area contributed by atoms with Crippen molar-refractivity contribution in [2.45, 2.75) is 24.0 Å².